The number of unbranched alkanes of at least 4 members (excludes halogenated alkanes) is 14. The first-order valence-electron chi connectivity index (χ1n) is 10.5. The molecular formula is C21H38N2O2. The summed E-state index contributed by atoms with van der Waals surface area (Å²) in [7, 11) is 0. The van der Waals surface area contributed by atoms with Gasteiger partial charge in [0.05, 0.1) is 0 Å². The summed E-state index contributed by atoms with van der Waals surface area (Å²) in [5, 5.41) is 0. The SMILES string of the molecule is CCCCCCCCCCCCCCCCCc1cc(=O)[nH]c(=O)[nH]1. The number of aromatic amines is 2. The van der Waals surface area contributed by atoms with Crippen LogP contribution in [-0.4, -0.2) is 9.97 Å². The third kappa shape index (κ3) is 12.7. The van der Waals surface area contributed by atoms with E-state index in [0.717, 1.165) is 18.5 Å². The van der Waals surface area contributed by atoms with Gasteiger partial charge in [0.1, 0.15) is 0 Å². The highest BCUT2D eigenvalue weighted by Gasteiger charge is 1.98. The zero-order valence-electron chi connectivity index (χ0n) is 16.2. The number of H-pyrrole nitrogens is 2. The number of rotatable bonds is 16. The summed E-state index contributed by atoms with van der Waals surface area (Å²) < 4.78 is 0. The van der Waals surface area contributed by atoms with Crippen molar-refractivity contribution in [2.24, 2.45) is 0 Å². The van der Waals surface area contributed by atoms with Gasteiger partial charge in [-0.05, 0) is 12.8 Å². The molecule has 1 rings (SSSR count). The Kier molecular flexibility index (Phi) is 13.0. The fraction of sp³-hybridized carbons (Fsp3) is 0.810. The van der Waals surface area contributed by atoms with Gasteiger partial charge < -0.3 is 4.98 Å². The van der Waals surface area contributed by atoms with Crippen LogP contribution in [0.4, 0.5) is 0 Å². The summed E-state index contributed by atoms with van der Waals surface area (Å²) in [5.74, 6) is 0. The maximum absolute atomic E-state index is 11.2. The maximum Gasteiger partial charge on any atom is 0.325 e. The number of aryl methyl sites for hydroxylation is 1. The summed E-state index contributed by atoms with van der Waals surface area (Å²) in [6, 6.07) is 1.49. The second-order valence-corrected chi connectivity index (χ2v) is 7.31. The van der Waals surface area contributed by atoms with E-state index in [0.29, 0.717) is 0 Å². The lowest BCUT2D eigenvalue weighted by molar-refractivity contribution is 0.532. The van der Waals surface area contributed by atoms with Crippen LogP contribution in [0.15, 0.2) is 15.7 Å². The van der Waals surface area contributed by atoms with Gasteiger partial charge in [-0.3, -0.25) is 9.78 Å². The molecule has 0 atom stereocenters. The number of aromatic nitrogens is 2. The fourth-order valence-electron chi connectivity index (χ4n) is 3.34. The average molecular weight is 351 g/mol. The molecule has 2 N–H and O–H groups in total. The van der Waals surface area contributed by atoms with Crippen molar-refractivity contribution in [2.45, 2.75) is 110 Å². The molecule has 0 unspecified atom stereocenters. The van der Waals surface area contributed by atoms with Crippen molar-refractivity contribution in [1.82, 2.24) is 9.97 Å². The third-order valence-electron chi connectivity index (χ3n) is 4.87. The van der Waals surface area contributed by atoms with E-state index in [1.54, 1.807) is 0 Å². The van der Waals surface area contributed by atoms with E-state index in [4.69, 9.17) is 0 Å². The summed E-state index contributed by atoms with van der Waals surface area (Å²) in [5.41, 5.74) is 0.0478. The Bertz CT molecular complexity index is 505. The minimum atomic E-state index is -0.400. The second-order valence-electron chi connectivity index (χ2n) is 7.31. The van der Waals surface area contributed by atoms with Crippen LogP contribution < -0.4 is 11.2 Å². The molecule has 0 spiro atoms. The lowest BCUT2D eigenvalue weighted by Gasteiger charge is -2.03. The number of hydrogen-bond acceptors (Lipinski definition) is 2. The Hall–Kier alpha value is -1.32. The molecule has 4 nitrogen and oxygen atoms in total. The van der Waals surface area contributed by atoms with Crippen molar-refractivity contribution in [3.05, 3.63) is 32.6 Å². The molecule has 0 saturated heterocycles. The van der Waals surface area contributed by atoms with Gasteiger partial charge in [0.2, 0.25) is 0 Å². The Morgan fingerprint density at radius 1 is 0.640 bits per heavy atom. The Morgan fingerprint density at radius 3 is 1.52 bits per heavy atom. The van der Waals surface area contributed by atoms with Crippen LogP contribution in [0.25, 0.3) is 0 Å². The standard InChI is InChI=1S/C21H38N2O2/c1-2-3-4-5-6-7-8-9-10-11-12-13-14-15-16-17-19-18-20(24)23-21(25)22-19/h18H,2-17H2,1H3,(H2,22,23,24,25). The molecule has 1 heterocycles. The minimum absolute atomic E-state index is 0.306. The van der Waals surface area contributed by atoms with E-state index < -0.39 is 5.69 Å². The molecule has 0 saturated carbocycles. The monoisotopic (exact) mass is 350 g/mol. The van der Waals surface area contributed by atoms with Crippen molar-refractivity contribution < 1.29 is 0 Å². The zero-order valence-corrected chi connectivity index (χ0v) is 16.2. The highest BCUT2D eigenvalue weighted by atomic mass is 16.2. The lowest BCUT2D eigenvalue weighted by Crippen LogP contribution is -2.22. The summed E-state index contributed by atoms with van der Waals surface area (Å²) in [6.07, 6.45) is 20.9. The number of nitrogens with one attached hydrogen (secondary N) is 2. The summed E-state index contributed by atoms with van der Waals surface area (Å²) in [6.45, 7) is 2.27. The molecule has 1 aromatic rings. The van der Waals surface area contributed by atoms with Crippen molar-refractivity contribution in [3.8, 4) is 0 Å². The predicted octanol–water partition coefficient (Wildman–Crippen LogP) is 5.48. The zero-order chi connectivity index (χ0) is 18.2. The van der Waals surface area contributed by atoms with Gasteiger partial charge in [-0.25, -0.2) is 4.79 Å². The van der Waals surface area contributed by atoms with Gasteiger partial charge in [-0.15, -0.1) is 0 Å². The van der Waals surface area contributed by atoms with E-state index in [2.05, 4.69) is 16.9 Å². The summed E-state index contributed by atoms with van der Waals surface area (Å²) >= 11 is 0. The van der Waals surface area contributed by atoms with Crippen molar-refractivity contribution >= 4 is 0 Å². The molecule has 0 aliphatic rings. The molecule has 144 valence electrons. The summed E-state index contributed by atoms with van der Waals surface area (Å²) in [4.78, 5) is 27.2. The minimum Gasteiger partial charge on any atom is -0.311 e. The molecule has 0 aliphatic carbocycles. The first-order valence-corrected chi connectivity index (χ1v) is 10.5. The second kappa shape index (κ2) is 15.0. The van der Waals surface area contributed by atoms with E-state index in [-0.39, 0.29) is 5.56 Å². The fourth-order valence-corrected chi connectivity index (χ4v) is 3.34. The van der Waals surface area contributed by atoms with E-state index >= 15 is 0 Å². The molecule has 0 fully saturated rings. The molecule has 25 heavy (non-hydrogen) atoms. The van der Waals surface area contributed by atoms with Crippen LogP contribution in [0, 0.1) is 0 Å². The molecule has 0 bridgehead atoms. The van der Waals surface area contributed by atoms with Gasteiger partial charge in [0, 0.05) is 11.8 Å². The topological polar surface area (TPSA) is 65.7 Å². The molecule has 0 aromatic carbocycles. The number of hydrogen-bond donors (Lipinski definition) is 2. The smallest absolute Gasteiger partial charge is 0.311 e. The first-order chi connectivity index (χ1) is 12.2. The van der Waals surface area contributed by atoms with Crippen LogP contribution in [0.2, 0.25) is 0 Å². The van der Waals surface area contributed by atoms with E-state index in [1.165, 1.54) is 96.0 Å². The lowest BCUT2D eigenvalue weighted by atomic mass is 10.0. The van der Waals surface area contributed by atoms with Crippen molar-refractivity contribution in [3.63, 3.8) is 0 Å². The molecular weight excluding hydrogens is 312 g/mol. The highest BCUT2D eigenvalue weighted by Crippen LogP contribution is 2.13. The van der Waals surface area contributed by atoms with Gasteiger partial charge in [-0.2, -0.15) is 0 Å². The van der Waals surface area contributed by atoms with Gasteiger partial charge in [0.15, 0.2) is 0 Å². The first kappa shape index (κ1) is 21.7. The predicted molar refractivity (Wildman–Crippen MR) is 106 cm³/mol. The van der Waals surface area contributed by atoms with Crippen LogP contribution in [-0.2, 0) is 6.42 Å². The largest absolute Gasteiger partial charge is 0.325 e. The van der Waals surface area contributed by atoms with Gasteiger partial charge in [0.25, 0.3) is 5.56 Å². The Morgan fingerprint density at radius 2 is 1.08 bits per heavy atom. The quantitative estimate of drug-likeness (QED) is 0.388. The normalized spacial score (nSPS) is 11.1. The molecule has 0 radical (unpaired) electrons. The highest BCUT2D eigenvalue weighted by molar-refractivity contribution is 4.98. The average Bonchev–Trinajstić information content (AvgIpc) is 2.57. The molecule has 0 amide bonds. The van der Waals surface area contributed by atoms with Crippen LogP contribution in [0.3, 0.4) is 0 Å². The van der Waals surface area contributed by atoms with Crippen molar-refractivity contribution in [2.75, 3.05) is 0 Å². The molecule has 4 heteroatoms. The molecule has 1 aromatic heterocycles. The van der Waals surface area contributed by atoms with Crippen molar-refractivity contribution in [1.29, 1.82) is 0 Å². The Balaban J connectivity index is 1.83. The van der Waals surface area contributed by atoms with Crippen LogP contribution in [0.1, 0.15) is 109 Å². The van der Waals surface area contributed by atoms with Gasteiger partial charge in [-0.1, -0.05) is 96.8 Å². The van der Waals surface area contributed by atoms with Crippen LogP contribution >= 0.6 is 0 Å². The molecule has 0 aliphatic heterocycles. The maximum atomic E-state index is 11.2. The van der Waals surface area contributed by atoms with E-state index in [9.17, 15) is 9.59 Å². The Labute approximate surface area is 152 Å². The van der Waals surface area contributed by atoms with Gasteiger partial charge >= 0.3 is 5.69 Å². The van der Waals surface area contributed by atoms with E-state index in [1.807, 2.05) is 0 Å². The third-order valence-corrected chi connectivity index (χ3v) is 4.87. The van der Waals surface area contributed by atoms with Crippen LogP contribution in [0.5, 0.6) is 0 Å².